The van der Waals surface area contributed by atoms with E-state index >= 15 is 0 Å². The van der Waals surface area contributed by atoms with Gasteiger partial charge in [-0.3, -0.25) is 0 Å². The number of aromatic nitrogens is 5. The molecule has 1 fully saturated rings. The van der Waals surface area contributed by atoms with Gasteiger partial charge < -0.3 is 14.4 Å². The third-order valence-electron chi connectivity index (χ3n) is 4.50. The van der Waals surface area contributed by atoms with E-state index in [0.717, 1.165) is 30.4 Å². The largest absolute Gasteiger partial charge is 0.330 e. The molecule has 0 amide bonds. The first kappa shape index (κ1) is 12.8. The molecule has 2 aliphatic rings. The lowest BCUT2D eigenvalue weighted by Gasteiger charge is -2.20. The molecule has 1 N–H and O–H groups in total. The highest BCUT2D eigenvalue weighted by molar-refractivity contribution is 5.21. The van der Waals surface area contributed by atoms with Crippen molar-refractivity contribution in [2.24, 2.45) is 0 Å². The molecular formula is C14H20N6O. The summed E-state index contributed by atoms with van der Waals surface area (Å²) < 4.78 is 7.48. The smallest absolute Gasteiger partial charge is 0.321 e. The zero-order valence-corrected chi connectivity index (χ0v) is 12.1. The molecule has 0 bridgehead atoms. The van der Waals surface area contributed by atoms with Crippen molar-refractivity contribution in [2.45, 2.75) is 64.0 Å². The number of nitrogens with zero attached hydrogens (tertiary/aromatic N) is 5. The predicted molar refractivity (Wildman–Crippen MR) is 75.8 cm³/mol. The summed E-state index contributed by atoms with van der Waals surface area (Å²) in [6, 6.07) is 0.489. The van der Waals surface area contributed by atoms with Crippen LogP contribution in [0.3, 0.4) is 0 Å². The number of hydrogen-bond donors (Lipinski definition) is 1. The number of aryl methyl sites for hydroxylation is 1. The Labute approximate surface area is 123 Å². The minimum absolute atomic E-state index is 0.489. The van der Waals surface area contributed by atoms with Crippen molar-refractivity contribution in [3.05, 3.63) is 17.5 Å². The van der Waals surface area contributed by atoms with Crippen LogP contribution in [0.5, 0.6) is 0 Å². The second-order valence-electron chi connectivity index (χ2n) is 5.93. The van der Waals surface area contributed by atoms with Crippen LogP contribution in [0.2, 0.25) is 0 Å². The zero-order valence-electron chi connectivity index (χ0n) is 12.1. The molecule has 1 saturated carbocycles. The van der Waals surface area contributed by atoms with Crippen molar-refractivity contribution in [3.63, 3.8) is 0 Å². The highest BCUT2D eigenvalue weighted by Gasteiger charge is 2.24. The van der Waals surface area contributed by atoms with Crippen molar-refractivity contribution < 1.29 is 4.52 Å². The van der Waals surface area contributed by atoms with Gasteiger partial charge in [0, 0.05) is 18.9 Å². The Hall–Kier alpha value is -1.92. The van der Waals surface area contributed by atoms with Crippen LogP contribution >= 0.6 is 0 Å². The van der Waals surface area contributed by atoms with Gasteiger partial charge in [-0.25, -0.2) is 0 Å². The fourth-order valence-electron chi connectivity index (χ4n) is 2.97. The van der Waals surface area contributed by atoms with E-state index in [1.165, 1.54) is 38.5 Å². The Morgan fingerprint density at radius 1 is 1.14 bits per heavy atom. The molecule has 0 radical (unpaired) electrons. The van der Waals surface area contributed by atoms with Gasteiger partial charge in [-0.2, -0.15) is 4.98 Å². The van der Waals surface area contributed by atoms with E-state index in [0.29, 0.717) is 18.5 Å². The summed E-state index contributed by atoms with van der Waals surface area (Å²) in [6.07, 6.45) is 8.33. The summed E-state index contributed by atoms with van der Waals surface area (Å²) in [6.45, 7) is 1.59. The van der Waals surface area contributed by atoms with Crippen molar-refractivity contribution in [1.82, 2.24) is 24.9 Å². The van der Waals surface area contributed by atoms with Crippen LogP contribution in [0.25, 0.3) is 0 Å². The molecule has 7 nitrogen and oxygen atoms in total. The maximum atomic E-state index is 5.26. The first-order valence-electron chi connectivity index (χ1n) is 7.88. The van der Waals surface area contributed by atoms with E-state index in [1.54, 1.807) is 0 Å². The highest BCUT2D eigenvalue weighted by Crippen LogP contribution is 2.34. The van der Waals surface area contributed by atoms with Crippen molar-refractivity contribution in [1.29, 1.82) is 0 Å². The van der Waals surface area contributed by atoms with E-state index in [-0.39, 0.29) is 0 Å². The average Bonchev–Trinajstić information content (AvgIpc) is 2.96. The fraction of sp³-hybridized carbons (Fsp3) is 0.714. The Kier molecular flexibility index (Phi) is 3.33. The van der Waals surface area contributed by atoms with Crippen LogP contribution in [0.1, 0.15) is 61.9 Å². The van der Waals surface area contributed by atoms with Gasteiger partial charge in [0.2, 0.25) is 0 Å². The molecule has 2 aromatic heterocycles. The molecule has 2 aromatic rings. The number of fused-ring (bicyclic) bond motifs is 1. The third-order valence-corrected chi connectivity index (χ3v) is 4.50. The minimum atomic E-state index is 0.489. The van der Waals surface area contributed by atoms with Gasteiger partial charge >= 0.3 is 6.01 Å². The molecule has 4 rings (SSSR count). The number of rotatable bonds is 4. The van der Waals surface area contributed by atoms with Crippen molar-refractivity contribution >= 4 is 6.01 Å². The van der Waals surface area contributed by atoms with Crippen LogP contribution < -0.4 is 5.32 Å². The fourth-order valence-corrected chi connectivity index (χ4v) is 2.97. The van der Waals surface area contributed by atoms with Crippen LogP contribution in [0.15, 0.2) is 4.52 Å². The van der Waals surface area contributed by atoms with Gasteiger partial charge in [-0.05, 0) is 25.7 Å². The number of hydrogen-bond acceptors (Lipinski definition) is 6. The van der Waals surface area contributed by atoms with Gasteiger partial charge in [0.05, 0.1) is 6.54 Å². The lowest BCUT2D eigenvalue weighted by Crippen LogP contribution is -2.11. The lowest BCUT2D eigenvalue weighted by atomic mass is 9.85. The van der Waals surface area contributed by atoms with E-state index in [1.807, 2.05) is 0 Å². The van der Waals surface area contributed by atoms with Crippen LogP contribution in [-0.4, -0.2) is 24.9 Å². The molecule has 0 atom stereocenters. The molecule has 0 saturated heterocycles. The standard InChI is InChI=1S/C14H20N6O/c1-2-7-11-17-18-12(20(11)8-3-1)9-15-14-16-13(19-21-14)10-5-4-6-10/h10H,1-9H2,(H,15,16,19). The number of nitrogens with one attached hydrogen (secondary N) is 1. The normalized spacial score (nSPS) is 18.9. The quantitative estimate of drug-likeness (QED) is 0.929. The molecule has 0 spiro atoms. The number of anilines is 1. The van der Waals surface area contributed by atoms with Gasteiger partial charge in [-0.15, -0.1) is 10.2 Å². The first-order valence-corrected chi connectivity index (χ1v) is 7.88. The van der Waals surface area contributed by atoms with Gasteiger partial charge in [0.15, 0.2) is 11.6 Å². The minimum Gasteiger partial charge on any atom is -0.330 e. The predicted octanol–water partition coefficient (Wildman–Crippen LogP) is 2.27. The zero-order chi connectivity index (χ0) is 14.1. The summed E-state index contributed by atoms with van der Waals surface area (Å²) in [5, 5.41) is 15.8. The topological polar surface area (TPSA) is 81.7 Å². The van der Waals surface area contributed by atoms with E-state index in [4.69, 9.17) is 4.52 Å². The maximum Gasteiger partial charge on any atom is 0.321 e. The van der Waals surface area contributed by atoms with E-state index < -0.39 is 0 Å². The van der Waals surface area contributed by atoms with E-state index in [9.17, 15) is 0 Å². The molecule has 1 aliphatic carbocycles. The maximum absolute atomic E-state index is 5.26. The van der Waals surface area contributed by atoms with Crippen molar-refractivity contribution in [3.8, 4) is 0 Å². The average molecular weight is 288 g/mol. The second-order valence-corrected chi connectivity index (χ2v) is 5.93. The molecule has 21 heavy (non-hydrogen) atoms. The van der Waals surface area contributed by atoms with Crippen LogP contribution in [0.4, 0.5) is 6.01 Å². The van der Waals surface area contributed by atoms with Gasteiger partial charge in [0.1, 0.15) is 5.82 Å². The molecule has 7 heteroatoms. The van der Waals surface area contributed by atoms with E-state index in [2.05, 4.69) is 30.2 Å². The second kappa shape index (κ2) is 5.46. The van der Waals surface area contributed by atoms with Crippen molar-refractivity contribution in [2.75, 3.05) is 5.32 Å². The Balaban J connectivity index is 1.42. The molecule has 3 heterocycles. The Bertz CT molecular complexity index is 615. The Morgan fingerprint density at radius 2 is 2.10 bits per heavy atom. The molecule has 0 unspecified atom stereocenters. The van der Waals surface area contributed by atoms with Gasteiger partial charge in [0.25, 0.3) is 0 Å². The summed E-state index contributed by atoms with van der Waals surface area (Å²) in [5.41, 5.74) is 0. The SMILES string of the molecule is C1CCc2nnc(CNc3nc(C4CCC4)no3)n2CC1. The molecule has 0 aromatic carbocycles. The van der Waals surface area contributed by atoms with Crippen LogP contribution in [0, 0.1) is 0 Å². The summed E-state index contributed by atoms with van der Waals surface area (Å²) >= 11 is 0. The lowest BCUT2D eigenvalue weighted by molar-refractivity contribution is 0.366. The molecule has 112 valence electrons. The van der Waals surface area contributed by atoms with Crippen LogP contribution in [-0.2, 0) is 19.5 Å². The molecule has 1 aliphatic heterocycles. The summed E-state index contributed by atoms with van der Waals surface area (Å²) in [7, 11) is 0. The van der Waals surface area contributed by atoms with Gasteiger partial charge in [-0.1, -0.05) is 18.0 Å². The highest BCUT2D eigenvalue weighted by atomic mass is 16.5. The molecular weight excluding hydrogens is 268 g/mol. The first-order chi connectivity index (χ1) is 10.4. The monoisotopic (exact) mass is 288 g/mol. The summed E-state index contributed by atoms with van der Waals surface area (Å²) in [5.74, 6) is 3.39. The Morgan fingerprint density at radius 3 is 2.95 bits per heavy atom. The third kappa shape index (κ3) is 2.52. The summed E-state index contributed by atoms with van der Waals surface area (Å²) in [4.78, 5) is 4.42.